The summed E-state index contributed by atoms with van der Waals surface area (Å²) in [5.74, 6) is -0.786. The molecule has 0 aromatic heterocycles. The Labute approximate surface area is 228 Å². The van der Waals surface area contributed by atoms with Crippen LogP contribution < -0.4 is 10.2 Å². The molecule has 2 heterocycles. The molecule has 0 spiro atoms. The van der Waals surface area contributed by atoms with Crippen LogP contribution in [-0.4, -0.2) is 46.6 Å². The Balaban J connectivity index is 1.43. The predicted molar refractivity (Wildman–Crippen MR) is 154 cm³/mol. The van der Waals surface area contributed by atoms with E-state index in [0.29, 0.717) is 45.6 Å². The van der Waals surface area contributed by atoms with E-state index in [9.17, 15) is 14.4 Å². The van der Waals surface area contributed by atoms with E-state index in [2.05, 4.69) is 12.2 Å². The number of anilines is 1. The van der Waals surface area contributed by atoms with Gasteiger partial charge in [-0.2, -0.15) is 0 Å². The minimum absolute atomic E-state index is 0.105. The Kier molecular flexibility index (Phi) is 9.52. The smallest absolute Gasteiger partial charge is 0.267 e. The molecule has 0 atom stereocenters. The van der Waals surface area contributed by atoms with Crippen LogP contribution >= 0.6 is 24.0 Å². The lowest BCUT2D eigenvalue weighted by Crippen LogP contribution is -2.39. The zero-order valence-electron chi connectivity index (χ0n) is 21.2. The first kappa shape index (κ1) is 27.1. The molecule has 1 fully saturated rings. The first-order chi connectivity index (χ1) is 18.0. The fourth-order valence-corrected chi connectivity index (χ4v) is 6.02. The molecule has 2 aromatic carbocycles. The van der Waals surface area contributed by atoms with Crippen LogP contribution in [0.15, 0.2) is 59.5 Å². The van der Waals surface area contributed by atoms with Gasteiger partial charge in [-0.15, -0.1) is 0 Å². The van der Waals surface area contributed by atoms with E-state index in [0.717, 1.165) is 24.8 Å². The van der Waals surface area contributed by atoms with E-state index in [-0.39, 0.29) is 24.3 Å². The van der Waals surface area contributed by atoms with E-state index >= 15 is 0 Å². The van der Waals surface area contributed by atoms with Crippen LogP contribution in [0.5, 0.6) is 0 Å². The maximum atomic E-state index is 13.6. The Bertz CT molecular complexity index is 1200. The molecule has 0 radical (unpaired) electrons. The molecule has 2 aliphatic rings. The van der Waals surface area contributed by atoms with Gasteiger partial charge in [0.05, 0.1) is 16.2 Å². The van der Waals surface area contributed by atoms with Gasteiger partial charge in [0.1, 0.15) is 10.9 Å². The van der Waals surface area contributed by atoms with E-state index in [1.807, 2.05) is 54.6 Å². The SMILES string of the molecule is CCCCCCCCN1C(=O)C(=C2C(=O)N(CC(=O)NCCc3ccccc3)c3ccccc32)SC1=S. The number of carbonyl (C=O) groups excluding carboxylic acids is 3. The number of thioether (sulfide) groups is 1. The molecule has 2 aliphatic heterocycles. The van der Waals surface area contributed by atoms with Crippen molar-refractivity contribution < 1.29 is 14.4 Å². The molecule has 3 amide bonds. The van der Waals surface area contributed by atoms with Crippen LogP contribution in [0.3, 0.4) is 0 Å². The third kappa shape index (κ3) is 6.48. The lowest BCUT2D eigenvalue weighted by Gasteiger charge is -2.17. The minimum Gasteiger partial charge on any atom is -0.354 e. The number of fused-ring (bicyclic) bond motifs is 1. The predicted octanol–water partition coefficient (Wildman–Crippen LogP) is 5.32. The van der Waals surface area contributed by atoms with Gasteiger partial charge >= 0.3 is 0 Å². The second-order valence-electron chi connectivity index (χ2n) is 9.29. The third-order valence-electron chi connectivity index (χ3n) is 6.62. The highest BCUT2D eigenvalue weighted by molar-refractivity contribution is 8.26. The molecule has 194 valence electrons. The quantitative estimate of drug-likeness (QED) is 0.226. The Morgan fingerprint density at radius 1 is 0.892 bits per heavy atom. The normalized spacial score (nSPS) is 17.1. The summed E-state index contributed by atoms with van der Waals surface area (Å²) in [4.78, 5) is 43.1. The molecule has 0 saturated carbocycles. The number of hydrogen-bond donors (Lipinski definition) is 1. The molecule has 8 heteroatoms. The van der Waals surface area contributed by atoms with Crippen molar-refractivity contribution in [2.45, 2.75) is 51.9 Å². The van der Waals surface area contributed by atoms with Gasteiger partial charge in [0, 0.05) is 18.7 Å². The molecule has 37 heavy (non-hydrogen) atoms. The van der Waals surface area contributed by atoms with Gasteiger partial charge in [0.15, 0.2) is 0 Å². The Morgan fingerprint density at radius 2 is 1.59 bits per heavy atom. The summed E-state index contributed by atoms with van der Waals surface area (Å²) < 4.78 is 0.489. The first-order valence-electron chi connectivity index (χ1n) is 13.0. The highest BCUT2D eigenvalue weighted by Gasteiger charge is 2.42. The zero-order valence-corrected chi connectivity index (χ0v) is 22.8. The average Bonchev–Trinajstić information content (AvgIpc) is 3.33. The standard InChI is InChI=1S/C29H33N3O3S2/c1-2-3-4-5-6-12-19-31-28(35)26(37-29(31)36)25-22-15-10-11-16-23(22)32(27(25)34)20-24(33)30-18-17-21-13-8-7-9-14-21/h7-11,13-16H,2-6,12,17-20H2,1H3,(H,30,33). The summed E-state index contributed by atoms with van der Waals surface area (Å²) in [6, 6.07) is 17.2. The monoisotopic (exact) mass is 535 g/mol. The Hall–Kier alpha value is -2.97. The molecular formula is C29H33N3O3S2. The fraction of sp³-hybridized carbons (Fsp3) is 0.379. The van der Waals surface area contributed by atoms with Gasteiger partial charge in [0.2, 0.25) is 5.91 Å². The van der Waals surface area contributed by atoms with Crippen molar-refractivity contribution in [3.8, 4) is 0 Å². The molecule has 0 aliphatic carbocycles. The molecular weight excluding hydrogens is 502 g/mol. The molecule has 6 nitrogen and oxygen atoms in total. The first-order valence-corrected chi connectivity index (χ1v) is 14.2. The lowest BCUT2D eigenvalue weighted by molar-refractivity contribution is -0.122. The Morgan fingerprint density at radius 3 is 2.38 bits per heavy atom. The van der Waals surface area contributed by atoms with Crippen molar-refractivity contribution in [2.75, 3.05) is 24.5 Å². The molecule has 0 bridgehead atoms. The van der Waals surface area contributed by atoms with Crippen LogP contribution in [0.1, 0.15) is 56.6 Å². The number of nitrogens with zero attached hydrogens (tertiary/aromatic N) is 2. The van der Waals surface area contributed by atoms with Gasteiger partial charge < -0.3 is 5.32 Å². The van der Waals surface area contributed by atoms with Crippen LogP contribution in [0.2, 0.25) is 0 Å². The fourth-order valence-electron chi connectivity index (χ4n) is 4.64. The summed E-state index contributed by atoms with van der Waals surface area (Å²) in [6.45, 7) is 3.13. The third-order valence-corrected chi connectivity index (χ3v) is 8.06. The highest BCUT2D eigenvalue weighted by Crippen LogP contribution is 2.44. The maximum absolute atomic E-state index is 13.6. The van der Waals surface area contributed by atoms with Gasteiger partial charge in [-0.3, -0.25) is 24.2 Å². The largest absolute Gasteiger partial charge is 0.354 e. The summed E-state index contributed by atoms with van der Waals surface area (Å²) >= 11 is 6.71. The summed E-state index contributed by atoms with van der Waals surface area (Å²) in [7, 11) is 0. The second-order valence-corrected chi connectivity index (χ2v) is 10.9. The van der Waals surface area contributed by atoms with Crippen molar-refractivity contribution in [1.29, 1.82) is 0 Å². The maximum Gasteiger partial charge on any atom is 0.267 e. The summed E-state index contributed by atoms with van der Waals surface area (Å²) in [5.41, 5.74) is 2.79. The number of nitrogens with one attached hydrogen (secondary N) is 1. The van der Waals surface area contributed by atoms with E-state index < -0.39 is 0 Å². The van der Waals surface area contributed by atoms with E-state index in [4.69, 9.17) is 12.2 Å². The van der Waals surface area contributed by atoms with Crippen molar-refractivity contribution in [3.05, 3.63) is 70.6 Å². The zero-order chi connectivity index (χ0) is 26.2. The number of carbonyl (C=O) groups is 3. The van der Waals surface area contributed by atoms with E-state index in [1.54, 1.807) is 4.90 Å². The van der Waals surface area contributed by atoms with Crippen molar-refractivity contribution in [1.82, 2.24) is 10.2 Å². The number of amides is 3. The minimum atomic E-state index is -0.334. The number of thiocarbonyl (C=S) groups is 1. The molecule has 4 rings (SSSR count). The van der Waals surface area contributed by atoms with Gasteiger partial charge in [-0.25, -0.2) is 0 Å². The number of hydrogen-bond acceptors (Lipinski definition) is 5. The molecule has 1 N–H and O–H groups in total. The topological polar surface area (TPSA) is 69.7 Å². The summed E-state index contributed by atoms with van der Waals surface area (Å²) in [6.07, 6.45) is 7.44. The molecule has 0 unspecified atom stereocenters. The van der Waals surface area contributed by atoms with Crippen LogP contribution in [-0.2, 0) is 20.8 Å². The number of unbranched alkanes of at least 4 members (excludes halogenated alkanes) is 5. The van der Waals surface area contributed by atoms with Crippen LogP contribution in [0.25, 0.3) is 5.57 Å². The number of benzene rings is 2. The van der Waals surface area contributed by atoms with Gasteiger partial charge in [-0.05, 0) is 24.5 Å². The van der Waals surface area contributed by atoms with Gasteiger partial charge in [-0.1, -0.05) is 112 Å². The van der Waals surface area contributed by atoms with Crippen LogP contribution in [0, 0.1) is 0 Å². The van der Waals surface area contributed by atoms with Crippen molar-refractivity contribution >= 4 is 57.3 Å². The van der Waals surface area contributed by atoms with Gasteiger partial charge in [0.25, 0.3) is 11.8 Å². The summed E-state index contributed by atoms with van der Waals surface area (Å²) in [5, 5.41) is 2.91. The lowest BCUT2D eigenvalue weighted by atomic mass is 10.1. The number of rotatable bonds is 12. The van der Waals surface area contributed by atoms with Crippen molar-refractivity contribution in [2.24, 2.45) is 0 Å². The van der Waals surface area contributed by atoms with Crippen molar-refractivity contribution in [3.63, 3.8) is 0 Å². The second kappa shape index (κ2) is 13.0. The average molecular weight is 536 g/mol. The highest BCUT2D eigenvalue weighted by atomic mass is 32.2. The van der Waals surface area contributed by atoms with E-state index in [1.165, 1.54) is 35.9 Å². The van der Waals surface area contributed by atoms with Crippen LogP contribution in [0.4, 0.5) is 5.69 Å². The molecule has 1 saturated heterocycles. The molecule has 2 aromatic rings. The number of para-hydroxylation sites is 1.